The number of benzene rings is 2. The monoisotopic (exact) mass is 333 g/mol. The van der Waals surface area contributed by atoms with Gasteiger partial charge in [0.25, 0.3) is 0 Å². The van der Waals surface area contributed by atoms with E-state index in [-0.39, 0.29) is 11.5 Å². The van der Waals surface area contributed by atoms with Crippen LogP contribution < -0.4 is 4.74 Å². The lowest BCUT2D eigenvalue weighted by molar-refractivity contribution is 0.0747. The average molecular weight is 333 g/mol. The molecule has 0 aromatic heterocycles. The summed E-state index contributed by atoms with van der Waals surface area (Å²) in [6.07, 6.45) is 7.64. The van der Waals surface area contributed by atoms with Crippen LogP contribution in [0.15, 0.2) is 54.6 Å². The number of ether oxygens (including phenoxy) is 1. The molecule has 1 saturated carbocycles. The normalized spacial score (nSPS) is 23.0. The van der Waals surface area contributed by atoms with Gasteiger partial charge in [0.2, 0.25) is 0 Å². The Labute approximate surface area is 151 Å². The topological polar surface area (TPSA) is 33.0 Å². The second-order valence-electron chi connectivity index (χ2n) is 7.29. The van der Waals surface area contributed by atoms with Crippen LogP contribution in [0, 0.1) is 16.7 Å². The first-order chi connectivity index (χ1) is 12.2. The van der Waals surface area contributed by atoms with Crippen molar-refractivity contribution in [1.29, 1.82) is 5.26 Å². The number of hydrogen-bond donors (Lipinski definition) is 0. The molecule has 0 bridgehead atoms. The van der Waals surface area contributed by atoms with E-state index in [1.54, 1.807) is 0 Å². The van der Waals surface area contributed by atoms with Gasteiger partial charge in [0.05, 0.1) is 12.2 Å². The summed E-state index contributed by atoms with van der Waals surface area (Å²) in [7, 11) is 0. The lowest BCUT2D eigenvalue weighted by Gasteiger charge is -2.38. The van der Waals surface area contributed by atoms with Gasteiger partial charge in [-0.1, -0.05) is 55.8 Å². The van der Waals surface area contributed by atoms with Crippen LogP contribution >= 0.6 is 0 Å². The Balaban J connectivity index is 1.58. The van der Waals surface area contributed by atoms with Gasteiger partial charge in [0.1, 0.15) is 5.75 Å². The van der Waals surface area contributed by atoms with Gasteiger partial charge in [-0.2, -0.15) is 5.26 Å². The average Bonchev–Trinajstić information content (AvgIpc) is 2.66. The molecule has 0 atom stereocenters. The van der Waals surface area contributed by atoms with Crippen molar-refractivity contribution < 1.29 is 4.74 Å². The summed E-state index contributed by atoms with van der Waals surface area (Å²) in [6, 6.07) is 21.2. The summed E-state index contributed by atoms with van der Waals surface area (Å²) in [6.45, 7) is 2.22. The van der Waals surface area contributed by atoms with E-state index >= 15 is 0 Å². The molecule has 2 aromatic carbocycles. The van der Waals surface area contributed by atoms with Gasteiger partial charge < -0.3 is 4.74 Å². The number of hydrogen-bond acceptors (Lipinski definition) is 2. The summed E-state index contributed by atoms with van der Waals surface area (Å²) in [5.74, 6) is 0.952. The van der Waals surface area contributed by atoms with Crippen molar-refractivity contribution in [2.24, 2.45) is 5.41 Å². The van der Waals surface area contributed by atoms with E-state index < -0.39 is 0 Å². The molecule has 1 aliphatic carbocycles. The Morgan fingerprint density at radius 2 is 1.64 bits per heavy atom. The molecular formula is C23H27NO. The van der Waals surface area contributed by atoms with E-state index in [2.05, 4.69) is 61.5 Å². The Kier molecular flexibility index (Phi) is 5.76. The van der Waals surface area contributed by atoms with Gasteiger partial charge in [0, 0.05) is 6.42 Å². The number of nitriles is 1. The first-order valence-corrected chi connectivity index (χ1v) is 9.44. The Hall–Kier alpha value is -2.27. The van der Waals surface area contributed by atoms with Crippen molar-refractivity contribution in [3.63, 3.8) is 0 Å². The standard InChI is InChI=1S/C23H27NO/c1-2-14-23(17-18-24)15-12-22(13-16-23)25-21-10-8-20(9-11-21)19-6-4-3-5-7-19/h3-11,22H,2,12-17H2,1H3. The zero-order valence-electron chi connectivity index (χ0n) is 15.1. The first kappa shape index (κ1) is 17.5. The molecule has 0 heterocycles. The highest BCUT2D eigenvalue weighted by atomic mass is 16.5. The van der Waals surface area contributed by atoms with E-state index in [0.29, 0.717) is 6.42 Å². The second kappa shape index (κ2) is 8.21. The van der Waals surface area contributed by atoms with Crippen molar-refractivity contribution in [3.05, 3.63) is 54.6 Å². The van der Waals surface area contributed by atoms with E-state index in [1.807, 2.05) is 6.07 Å². The van der Waals surface area contributed by atoms with Gasteiger partial charge in [0.15, 0.2) is 0 Å². The summed E-state index contributed by atoms with van der Waals surface area (Å²) < 4.78 is 6.21. The maximum Gasteiger partial charge on any atom is 0.119 e. The zero-order valence-corrected chi connectivity index (χ0v) is 15.1. The molecule has 1 aliphatic rings. The third-order valence-electron chi connectivity index (χ3n) is 5.49. The molecule has 0 spiro atoms. The van der Waals surface area contributed by atoms with Crippen molar-refractivity contribution >= 4 is 0 Å². The third-order valence-corrected chi connectivity index (χ3v) is 5.49. The van der Waals surface area contributed by atoms with E-state index in [4.69, 9.17) is 10.00 Å². The SMILES string of the molecule is CCCC1(CC#N)CCC(Oc2ccc(-c3ccccc3)cc2)CC1. The molecule has 0 radical (unpaired) electrons. The summed E-state index contributed by atoms with van der Waals surface area (Å²) >= 11 is 0. The molecule has 0 aliphatic heterocycles. The highest BCUT2D eigenvalue weighted by molar-refractivity contribution is 5.63. The van der Waals surface area contributed by atoms with E-state index in [0.717, 1.165) is 37.9 Å². The smallest absolute Gasteiger partial charge is 0.119 e. The van der Waals surface area contributed by atoms with Gasteiger partial charge in [-0.15, -0.1) is 0 Å². The minimum absolute atomic E-state index is 0.237. The van der Waals surface area contributed by atoms with Crippen LogP contribution in [0.3, 0.4) is 0 Å². The largest absolute Gasteiger partial charge is 0.490 e. The van der Waals surface area contributed by atoms with E-state index in [1.165, 1.54) is 17.5 Å². The van der Waals surface area contributed by atoms with E-state index in [9.17, 15) is 0 Å². The molecule has 1 fully saturated rings. The Morgan fingerprint density at radius 1 is 1.00 bits per heavy atom. The molecule has 3 rings (SSSR count). The fourth-order valence-electron chi connectivity index (χ4n) is 4.08. The van der Waals surface area contributed by atoms with Gasteiger partial charge in [-0.05, 0) is 60.8 Å². The molecule has 2 heteroatoms. The molecule has 25 heavy (non-hydrogen) atoms. The first-order valence-electron chi connectivity index (χ1n) is 9.44. The molecule has 2 aromatic rings. The zero-order chi connectivity index (χ0) is 17.5. The maximum atomic E-state index is 9.15. The van der Waals surface area contributed by atoms with Gasteiger partial charge in [-0.25, -0.2) is 0 Å². The van der Waals surface area contributed by atoms with Crippen LogP contribution in [0.1, 0.15) is 51.9 Å². The predicted octanol–water partition coefficient (Wildman–Crippen LogP) is 6.38. The minimum atomic E-state index is 0.237. The maximum absolute atomic E-state index is 9.15. The van der Waals surface area contributed by atoms with Crippen LogP contribution in [0.25, 0.3) is 11.1 Å². The van der Waals surface area contributed by atoms with Crippen LogP contribution in [0.2, 0.25) is 0 Å². The lowest BCUT2D eigenvalue weighted by Crippen LogP contribution is -2.32. The summed E-state index contributed by atoms with van der Waals surface area (Å²) in [4.78, 5) is 0. The second-order valence-corrected chi connectivity index (χ2v) is 7.29. The van der Waals surface area contributed by atoms with Crippen LogP contribution in [0.5, 0.6) is 5.75 Å². The van der Waals surface area contributed by atoms with Gasteiger partial charge in [-0.3, -0.25) is 0 Å². The molecule has 0 saturated heterocycles. The lowest BCUT2D eigenvalue weighted by atomic mass is 9.69. The highest BCUT2D eigenvalue weighted by Crippen LogP contribution is 2.43. The minimum Gasteiger partial charge on any atom is -0.490 e. The highest BCUT2D eigenvalue weighted by Gasteiger charge is 2.35. The van der Waals surface area contributed by atoms with Crippen molar-refractivity contribution in [1.82, 2.24) is 0 Å². The van der Waals surface area contributed by atoms with Crippen molar-refractivity contribution in [2.75, 3.05) is 0 Å². The Morgan fingerprint density at radius 3 is 2.24 bits per heavy atom. The third kappa shape index (κ3) is 4.42. The fourth-order valence-corrected chi connectivity index (χ4v) is 4.08. The molecular weight excluding hydrogens is 306 g/mol. The molecule has 0 N–H and O–H groups in total. The van der Waals surface area contributed by atoms with Crippen LogP contribution in [0.4, 0.5) is 0 Å². The predicted molar refractivity (Wildman–Crippen MR) is 102 cm³/mol. The summed E-state index contributed by atoms with van der Waals surface area (Å²) in [5.41, 5.74) is 2.68. The number of nitrogens with zero attached hydrogens (tertiary/aromatic N) is 1. The molecule has 130 valence electrons. The van der Waals surface area contributed by atoms with Crippen molar-refractivity contribution in [3.8, 4) is 22.9 Å². The molecule has 0 amide bonds. The van der Waals surface area contributed by atoms with Crippen LogP contribution in [-0.2, 0) is 0 Å². The molecule has 2 nitrogen and oxygen atoms in total. The van der Waals surface area contributed by atoms with Crippen molar-refractivity contribution in [2.45, 2.75) is 58.0 Å². The van der Waals surface area contributed by atoms with Crippen LogP contribution in [-0.4, -0.2) is 6.10 Å². The Bertz CT molecular complexity index is 691. The van der Waals surface area contributed by atoms with Gasteiger partial charge >= 0.3 is 0 Å². The number of rotatable bonds is 6. The summed E-state index contributed by atoms with van der Waals surface area (Å²) in [5, 5.41) is 9.15. The quantitative estimate of drug-likeness (QED) is 0.615. The fraction of sp³-hybridized carbons (Fsp3) is 0.435. The molecule has 0 unspecified atom stereocenters.